The first-order valence-corrected chi connectivity index (χ1v) is 6.02. The fourth-order valence-electron chi connectivity index (χ4n) is 1.35. The van der Waals surface area contributed by atoms with Gasteiger partial charge in [0.2, 0.25) is 0 Å². The molecule has 0 aliphatic heterocycles. The van der Waals surface area contributed by atoms with Gasteiger partial charge in [-0.15, -0.1) is 11.3 Å². The van der Waals surface area contributed by atoms with Crippen molar-refractivity contribution in [1.82, 2.24) is 15.3 Å². The van der Waals surface area contributed by atoms with Crippen LogP contribution >= 0.6 is 11.3 Å². The second kappa shape index (κ2) is 5.40. The Labute approximate surface area is 103 Å². The third-order valence-electron chi connectivity index (χ3n) is 2.15. The van der Waals surface area contributed by atoms with E-state index in [9.17, 15) is 4.79 Å². The summed E-state index contributed by atoms with van der Waals surface area (Å²) in [5.74, 6) is 0.202. The number of nitrogens with zero attached hydrogens (tertiary/aromatic N) is 2. The number of anilines is 1. The molecule has 0 saturated carbocycles. The van der Waals surface area contributed by atoms with Gasteiger partial charge in [0.05, 0.1) is 5.01 Å². The van der Waals surface area contributed by atoms with Crippen molar-refractivity contribution in [3.63, 3.8) is 0 Å². The van der Waals surface area contributed by atoms with Gasteiger partial charge in [0.25, 0.3) is 5.91 Å². The Hall–Kier alpha value is -1.95. The summed E-state index contributed by atoms with van der Waals surface area (Å²) in [5, 5.41) is 5.74. The predicted octanol–water partition coefficient (Wildman–Crippen LogP) is 1.09. The molecule has 0 aliphatic rings. The maximum Gasteiger partial charge on any atom is 0.251 e. The summed E-state index contributed by atoms with van der Waals surface area (Å²) in [7, 11) is 0. The number of nitrogens with one attached hydrogen (secondary N) is 1. The Morgan fingerprint density at radius 1 is 1.41 bits per heavy atom. The number of nitrogens with two attached hydrogens (primary N) is 1. The van der Waals surface area contributed by atoms with Gasteiger partial charge in [0, 0.05) is 36.3 Å². The molecular formula is C11H12N4OS. The fraction of sp³-hybridized carbons (Fsp3) is 0.182. The van der Waals surface area contributed by atoms with Crippen LogP contribution in [0.15, 0.2) is 29.9 Å². The molecule has 17 heavy (non-hydrogen) atoms. The van der Waals surface area contributed by atoms with Crippen LogP contribution < -0.4 is 11.1 Å². The average molecular weight is 248 g/mol. The highest BCUT2D eigenvalue weighted by atomic mass is 32.1. The van der Waals surface area contributed by atoms with Crippen LogP contribution in [0.4, 0.5) is 5.82 Å². The van der Waals surface area contributed by atoms with Crippen molar-refractivity contribution in [2.24, 2.45) is 0 Å². The number of amides is 1. The maximum atomic E-state index is 11.7. The Kier molecular flexibility index (Phi) is 3.66. The lowest BCUT2D eigenvalue weighted by atomic mass is 10.2. The van der Waals surface area contributed by atoms with E-state index in [-0.39, 0.29) is 5.91 Å². The molecule has 6 heteroatoms. The standard InChI is InChI=1S/C11H12N4OS/c12-9-7-8(1-3-13-9)11(16)15-4-2-10-14-5-6-17-10/h1,3,5-7H,2,4H2,(H2,12,13)(H,15,16). The van der Waals surface area contributed by atoms with Crippen molar-refractivity contribution in [2.45, 2.75) is 6.42 Å². The average Bonchev–Trinajstić information content (AvgIpc) is 2.82. The molecule has 1 amide bonds. The van der Waals surface area contributed by atoms with Gasteiger partial charge in [-0.25, -0.2) is 9.97 Å². The zero-order valence-corrected chi connectivity index (χ0v) is 9.91. The summed E-state index contributed by atoms with van der Waals surface area (Å²) in [6.07, 6.45) is 4.01. The van der Waals surface area contributed by atoms with Crippen LogP contribution in [0.2, 0.25) is 0 Å². The molecule has 0 fully saturated rings. The van der Waals surface area contributed by atoms with E-state index >= 15 is 0 Å². The lowest BCUT2D eigenvalue weighted by Crippen LogP contribution is -2.25. The minimum Gasteiger partial charge on any atom is -0.384 e. The Balaban J connectivity index is 1.85. The van der Waals surface area contributed by atoms with E-state index < -0.39 is 0 Å². The number of carbonyl (C=O) groups is 1. The number of pyridine rings is 1. The summed E-state index contributed by atoms with van der Waals surface area (Å²) in [5.41, 5.74) is 6.03. The first kappa shape index (κ1) is 11.5. The van der Waals surface area contributed by atoms with Gasteiger partial charge in [0.1, 0.15) is 5.82 Å². The van der Waals surface area contributed by atoms with Crippen LogP contribution in [0.5, 0.6) is 0 Å². The molecule has 5 nitrogen and oxygen atoms in total. The summed E-state index contributed by atoms with van der Waals surface area (Å²) < 4.78 is 0. The first-order chi connectivity index (χ1) is 8.25. The normalized spacial score (nSPS) is 10.1. The number of carbonyl (C=O) groups excluding carboxylic acids is 1. The van der Waals surface area contributed by atoms with Crippen LogP contribution in [-0.4, -0.2) is 22.4 Å². The quantitative estimate of drug-likeness (QED) is 0.848. The van der Waals surface area contributed by atoms with Crippen molar-refractivity contribution < 1.29 is 4.79 Å². The van der Waals surface area contributed by atoms with Crippen LogP contribution in [0.25, 0.3) is 0 Å². The molecule has 0 aromatic carbocycles. The second-order valence-corrected chi connectivity index (χ2v) is 4.38. The summed E-state index contributed by atoms with van der Waals surface area (Å²) >= 11 is 1.58. The lowest BCUT2D eigenvalue weighted by Gasteiger charge is -2.04. The molecule has 0 spiro atoms. The molecule has 2 aromatic heterocycles. The molecule has 0 radical (unpaired) electrons. The van der Waals surface area contributed by atoms with E-state index in [1.165, 1.54) is 6.20 Å². The SMILES string of the molecule is Nc1cc(C(=O)NCCc2nccs2)ccn1. The zero-order chi connectivity index (χ0) is 12.1. The van der Waals surface area contributed by atoms with E-state index in [1.807, 2.05) is 5.38 Å². The Bertz CT molecular complexity index is 498. The van der Waals surface area contributed by atoms with E-state index in [2.05, 4.69) is 15.3 Å². The lowest BCUT2D eigenvalue weighted by molar-refractivity contribution is 0.0954. The predicted molar refractivity (Wildman–Crippen MR) is 66.8 cm³/mol. The molecule has 88 valence electrons. The summed E-state index contributed by atoms with van der Waals surface area (Å²) in [6, 6.07) is 3.19. The monoisotopic (exact) mass is 248 g/mol. The molecule has 2 aromatic rings. The van der Waals surface area contributed by atoms with Gasteiger partial charge in [-0.3, -0.25) is 4.79 Å². The highest BCUT2D eigenvalue weighted by molar-refractivity contribution is 7.09. The maximum absolute atomic E-state index is 11.7. The third-order valence-corrected chi connectivity index (χ3v) is 2.99. The third kappa shape index (κ3) is 3.25. The van der Waals surface area contributed by atoms with Crippen LogP contribution in [0.1, 0.15) is 15.4 Å². The molecule has 0 aliphatic carbocycles. The van der Waals surface area contributed by atoms with Gasteiger partial charge in [0.15, 0.2) is 0 Å². The molecule has 2 rings (SSSR count). The van der Waals surface area contributed by atoms with Crippen molar-refractivity contribution >= 4 is 23.1 Å². The molecule has 0 bridgehead atoms. The summed E-state index contributed by atoms with van der Waals surface area (Å²) in [6.45, 7) is 0.564. The molecular weight excluding hydrogens is 236 g/mol. The smallest absolute Gasteiger partial charge is 0.251 e. The van der Waals surface area contributed by atoms with Crippen molar-refractivity contribution in [1.29, 1.82) is 0 Å². The van der Waals surface area contributed by atoms with E-state index in [0.717, 1.165) is 11.4 Å². The number of hydrogen-bond acceptors (Lipinski definition) is 5. The number of thiazole rings is 1. The van der Waals surface area contributed by atoms with Gasteiger partial charge >= 0.3 is 0 Å². The zero-order valence-electron chi connectivity index (χ0n) is 9.09. The minimum absolute atomic E-state index is 0.143. The molecule has 0 saturated heterocycles. The van der Waals surface area contributed by atoms with Crippen LogP contribution in [0, 0.1) is 0 Å². The molecule has 3 N–H and O–H groups in total. The number of hydrogen-bond donors (Lipinski definition) is 2. The van der Waals surface area contributed by atoms with Crippen molar-refractivity contribution in [2.75, 3.05) is 12.3 Å². The molecule has 0 atom stereocenters. The fourth-order valence-corrected chi connectivity index (χ4v) is 1.97. The van der Waals surface area contributed by atoms with Crippen LogP contribution in [-0.2, 0) is 6.42 Å². The van der Waals surface area contributed by atoms with E-state index in [1.54, 1.807) is 29.7 Å². The summed E-state index contributed by atoms with van der Waals surface area (Å²) in [4.78, 5) is 19.7. The first-order valence-electron chi connectivity index (χ1n) is 5.14. The van der Waals surface area contributed by atoms with Gasteiger partial charge in [-0.2, -0.15) is 0 Å². The van der Waals surface area contributed by atoms with Gasteiger partial charge in [-0.05, 0) is 12.1 Å². The van der Waals surface area contributed by atoms with Gasteiger partial charge in [-0.1, -0.05) is 0 Å². The van der Waals surface area contributed by atoms with E-state index in [4.69, 9.17) is 5.73 Å². The number of rotatable bonds is 4. The Morgan fingerprint density at radius 2 is 2.29 bits per heavy atom. The van der Waals surface area contributed by atoms with Crippen LogP contribution in [0.3, 0.4) is 0 Å². The number of aromatic nitrogens is 2. The highest BCUT2D eigenvalue weighted by Gasteiger charge is 2.05. The molecule has 2 heterocycles. The highest BCUT2D eigenvalue weighted by Crippen LogP contribution is 2.05. The topological polar surface area (TPSA) is 80.9 Å². The van der Waals surface area contributed by atoms with Gasteiger partial charge < -0.3 is 11.1 Å². The molecule has 0 unspecified atom stereocenters. The van der Waals surface area contributed by atoms with Crippen molar-refractivity contribution in [3.8, 4) is 0 Å². The number of nitrogen functional groups attached to an aromatic ring is 1. The second-order valence-electron chi connectivity index (χ2n) is 3.40. The van der Waals surface area contributed by atoms with Crippen molar-refractivity contribution in [3.05, 3.63) is 40.5 Å². The Morgan fingerprint density at radius 3 is 3.00 bits per heavy atom. The largest absolute Gasteiger partial charge is 0.384 e. The van der Waals surface area contributed by atoms with E-state index in [0.29, 0.717) is 17.9 Å². The minimum atomic E-state index is -0.143.